The molecule has 0 saturated carbocycles. The van der Waals surface area contributed by atoms with Crippen molar-refractivity contribution in [1.29, 1.82) is 0 Å². The second kappa shape index (κ2) is 5.11. The second-order valence-corrected chi connectivity index (χ2v) is 5.62. The van der Waals surface area contributed by atoms with Gasteiger partial charge in [-0.3, -0.25) is 0 Å². The maximum atomic E-state index is 12.4. The lowest BCUT2D eigenvalue weighted by Crippen LogP contribution is -2.44. The fourth-order valence-corrected chi connectivity index (χ4v) is 1.93. The Morgan fingerprint density at radius 3 is 2.13 bits per heavy atom. The highest BCUT2D eigenvalue weighted by Crippen LogP contribution is 2.21. The Morgan fingerprint density at radius 1 is 1.33 bits per heavy atom. The van der Waals surface area contributed by atoms with Gasteiger partial charge < -0.3 is 5.32 Å². The maximum Gasteiger partial charge on any atom is 0.319 e. The van der Waals surface area contributed by atoms with Crippen molar-refractivity contribution < 1.29 is 26.0 Å². The summed E-state index contributed by atoms with van der Waals surface area (Å²) < 4.78 is 69.6. The summed E-state index contributed by atoms with van der Waals surface area (Å²) in [5, 5.41) is 2.05. The molecule has 15 heavy (non-hydrogen) atoms. The van der Waals surface area contributed by atoms with E-state index in [2.05, 4.69) is 5.32 Å². The van der Waals surface area contributed by atoms with Gasteiger partial charge in [0.15, 0.2) is 0 Å². The Labute approximate surface area is 85.8 Å². The lowest BCUT2D eigenvalue weighted by atomic mass is 10.3. The van der Waals surface area contributed by atoms with Crippen LogP contribution in [-0.2, 0) is 9.84 Å². The molecule has 0 spiro atoms. The first kappa shape index (κ1) is 14.6. The fraction of sp³-hybridized carbons (Fsp3) is 1.00. The topological polar surface area (TPSA) is 46.2 Å². The predicted octanol–water partition coefficient (Wildman–Crippen LogP) is 0.910. The van der Waals surface area contributed by atoms with E-state index in [1.54, 1.807) is 0 Å². The van der Waals surface area contributed by atoms with Gasteiger partial charge >= 0.3 is 12.3 Å². The summed E-state index contributed by atoms with van der Waals surface area (Å²) in [4.78, 5) is 0. The van der Waals surface area contributed by atoms with E-state index in [9.17, 15) is 26.0 Å². The molecule has 0 saturated heterocycles. The summed E-state index contributed by atoms with van der Waals surface area (Å²) >= 11 is 0. The molecule has 0 fully saturated rings. The zero-order chi connectivity index (χ0) is 12.3. The largest absolute Gasteiger partial charge is 0.319 e. The van der Waals surface area contributed by atoms with Crippen LogP contribution in [0.5, 0.6) is 0 Å². The van der Waals surface area contributed by atoms with Crippen molar-refractivity contribution in [3.8, 4) is 0 Å². The molecule has 0 aromatic rings. The molecule has 1 N–H and O–H groups in total. The van der Waals surface area contributed by atoms with E-state index in [0.717, 1.165) is 6.26 Å². The van der Waals surface area contributed by atoms with Crippen molar-refractivity contribution >= 4 is 9.84 Å². The number of nitrogens with one attached hydrogen (secondary N) is 1. The van der Waals surface area contributed by atoms with E-state index in [-0.39, 0.29) is 5.75 Å². The van der Waals surface area contributed by atoms with Crippen LogP contribution < -0.4 is 5.32 Å². The monoisotopic (exact) mass is 251 g/mol. The molecule has 0 bridgehead atoms. The zero-order valence-corrected chi connectivity index (χ0v) is 9.12. The third-order valence-corrected chi connectivity index (χ3v) is 2.66. The van der Waals surface area contributed by atoms with Crippen LogP contribution in [0.15, 0.2) is 0 Å². The third-order valence-electron chi connectivity index (χ3n) is 1.56. The van der Waals surface area contributed by atoms with E-state index in [0.29, 0.717) is 0 Å². The van der Waals surface area contributed by atoms with Crippen LogP contribution >= 0.6 is 0 Å². The van der Waals surface area contributed by atoms with Gasteiger partial charge in [0, 0.05) is 12.3 Å². The van der Waals surface area contributed by atoms with Crippen molar-refractivity contribution in [2.24, 2.45) is 0 Å². The van der Waals surface area contributed by atoms with Crippen LogP contribution in [0.4, 0.5) is 17.6 Å². The molecule has 0 unspecified atom stereocenters. The highest BCUT2D eigenvalue weighted by Gasteiger charge is 2.40. The lowest BCUT2D eigenvalue weighted by molar-refractivity contribution is -0.125. The average molecular weight is 251 g/mol. The Morgan fingerprint density at radius 2 is 1.80 bits per heavy atom. The minimum absolute atomic E-state index is 0.369. The number of alkyl halides is 4. The van der Waals surface area contributed by atoms with Crippen molar-refractivity contribution in [1.82, 2.24) is 5.32 Å². The Balaban J connectivity index is 4.07. The van der Waals surface area contributed by atoms with Gasteiger partial charge in [0.05, 0.1) is 12.3 Å². The van der Waals surface area contributed by atoms with Crippen molar-refractivity contribution in [2.75, 3.05) is 18.6 Å². The number of sulfone groups is 1. The zero-order valence-electron chi connectivity index (χ0n) is 8.31. The molecular formula is C7H13F4NO2S. The van der Waals surface area contributed by atoms with Gasteiger partial charge in [-0.25, -0.2) is 17.2 Å². The molecule has 8 heteroatoms. The smallest absolute Gasteiger partial charge is 0.307 e. The molecule has 3 nitrogen and oxygen atoms in total. The minimum Gasteiger partial charge on any atom is -0.307 e. The van der Waals surface area contributed by atoms with Crippen molar-refractivity contribution in [3.05, 3.63) is 0 Å². The van der Waals surface area contributed by atoms with Gasteiger partial charge in [-0.1, -0.05) is 0 Å². The highest BCUT2D eigenvalue weighted by atomic mass is 32.2. The average Bonchev–Trinajstić information content (AvgIpc) is 1.97. The van der Waals surface area contributed by atoms with E-state index in [4.69, 9.17) is 0 Å². The van der Waals surface area contributed by atoms with Gasteiger partial charge in [-0.15, -0.1) is 0 Å². The highest BCUT2D eigenvalue weighted by molar-refractivity contribution is 7.90. The summed E-state index contributed by atoms with van der Waals surface area (Å²) in [6.45, 7) is 0.101. The molecule has 0 radical (unpaired) electrons. The summed E-state index contributed by atoms with van der Waals surface area (Å²) in [7, 11) is -3.31. The molecule has 0 amide bonds. The summed E-state index contributed by atoms with van der Waals surface area (Å²) in [5.74, 6) is -4.50. The van der Waals surface area contributed by atoms with Crippen molar-refractivity contribution in [2.45, 2.75) is 25.3 Å². The number of hydrogen-bond acceptors (Lipinski definition) is 3. The molecule has 0 heterocycles. The maximum absolute atomic E-state index is 12.4. The van der Waals surface area contributed by atoms with Crippen LogP contribution in [0.25, 0.3) is 0 Å². The van der Waals surface area contributed by atoms with E-state index in [1.807, 2.05) is 0 Å². The summed E-state index contributed by atoms with van der Waals surface area (Å²) in [6, 6.07) is -0.787. The molecule has 0 aliphatic carbocycles. The molecule has 0 aliphatic heterocycles. The summed E-state index contributed by atoms with van der Waals surface area (Å²) in [6.07, 6.45) is -2.81. The van der Waals surface area contributed by atoms with Gasteiger partial charge in [0.2, 0.25) is 0 Å². The quantitative estimate of drug-likeness (QED) is 0.714. The predicted molar refractivity (Wildman–Crippen MR) is 48.1 cm³/mol. The SMILES string of the molecule is C[C@H](CS(C)(=O)=O)NCC(F)(F)C(F)F. The second-order valence-electron chi connectivity index (χ2n) is 3.44. The first-order valence-corrected chi connectivity index (χ1v) is 6.18. The van der Waals surface area contributed by atoms with Crippen LogP contribution in [0.3, 0.4) is 0 Å². The van der Waals surface area contributed by atoms with E-state index >= 15 is 0 Å². The molecule has 1 atom stereocenters. The lowest BCUT2D eigenvalue weighted by Gasteiger charge is -2.19. The van der Waals surface area contributed by atoms with Crippen LogP contribution in [0.1, 0.15) is 6.92 Å². The minimum atomic E-state index is -4.13. The first-order valence-electron chi connectivity index (χ1n) is 4.11. The van der Waals surface area contributed by atoms with Gasteiger partial charge in [-0.05, 0) is 6.92 Å². The fourth-order valence-electron chi connectivity index (χ4n) is 0.901. The third kappa shape index (κ3) is 6.67. The number of rotatable bonds is 6. The first-order chi connectivity index (χ1) is 6.54. The molecule has 92 valence electrons. The Kier molecular flexibility index (Phi) is 4.98. The van der Waals surface area contributed by atoms with Crippen LogP contribution in [-0.4, -0.2) is 45.4 Å². The van der Waals surface area contributed by atoms with Crippen molar-refractivity contribution in [3.63, 3.8) is 0 Å². The van der Waals surface area contributed by atoms with Crippen LogP contribution in [0.2, 0.25) is 0 Å². The Hall–Kier alpha value is -0.370. The van der Waals surface area contributed by atoms with E-state index < -0.39 is 34.8 Å². The van der Waals surface area contributed by atoms with E-state index in [1.165, 1.54) is 6.92 Å². The molecular weight excluding hydrogens is 238 g/mol. The molecule has 0 aliphatic rings. The molecule has 0 aromatic carbocycles. The van der Waals surface area contributed by atoms with Gasteiger partial charge in [0.25, 0.3) is 0 Å². The number of hydrogen-bond donors (Lipinski definition) is 1. The normalized spacial score (nSPS) is 15.7. The standard InChI is InChI=1S/C7H13F4NO2S/c1-5(3-15(2,13)14)12-4-7(10,11)6(8)9/h5-6,12H,3-4H2,1-2H3/t5-/m1/s1. The van der Waals surface area contributed by atoms with Crippen LogP contribution in [0, 0.1) is 0 Å². The summed E-state index contributed by atoms with van der Waals surface area (Å²) in [5.41, 5.74) is 0. The van der Waals surface area contributed by atoms with Gasteiger partial charge in [0.1, 0.15) is 9.84 Å². The Bertz CT molecular complexity index is 291. The number of halogens is 4. The van der Waals surface area contributed by atoms with Gasteiger partial charge in [-0.2, -0.15) is 8.78 Å². The molecule has 0 rings (SSSR count). The molecule has 0 aromatic heterocycles.